The zero-order valence-corrected chi connectivity index (χ0v) is 19.4. The van der Waals surface area contributed by atoms with Crippen molar-refractivity contribution in [2.75, 3.05) is 44.7 Å². The molecule has 168 valence electrons. The van der Waals surface area contributed by atoms with Gasteiger partial charge >= 0.3 is 0 Å². The number of aromatic nitrogens is 1. The summed E-state index contributed by atoms with van der Waals surface area (Å²) >= 11 is 1.71. The van der Waals surface area contributed by atoms with Crippen LogP contribution in [0.4, 0.5) is 5.69 Å². The van der Waals surface area contributed by atoms with Crippen LogP contribution in [0.15, 0.2) is 48.7 Å². The van der Waals surface area contributed by atoms with Crippen LogP contribution in [0.25, 0.3) is 0 Å². The van der Waals surface area contributed by atoms with Crippen molar-refractivity contribution in [3.8, 4) is 5.75 Å². The lowest BCUT2D eigenvalue weighted by Crippen LogP contribution is -2.47. The Bertz CT molecular complexity index is 777. The van der Waals surface area contributed by atoms with Gasteiger partial charge in [0.05, 0.1) is 18.5 Å². The van der Waals surface area contributed by atoms with E-state index in [4.69, 9.17) is 8.92 Å². The van der Waals surface area contributed by atoms with Crippen molar-refractivity contribution in [2.45, 2.75) is 49.9 Å². The van der Waals surface area contributed by atoms with Crippen LogP contribution in [0.2, 0.25) is 0 Å². The summed E-state index contributed by atoms with van der Waals surface area (Å²) in [5, 5.41) is 0.643. The molecule has 2 heterocycles. The van der Waals surface area contributed by atoms with E-state index in [-0.39, 0.29) is 6.10 Å². The third-order valence-corrected chi connectivity index (χ3v) is 7.47. The highest BCUT2D eigenvalue weighted by Crippen LogP contribution is 2.34. The van der Waals surface area contributed by atoms with E-state index in [1.165, 1.54) is 37.8 Å². The Morgan fingerprint density at radius 3 is 2.52 bits per heavy atom. The van der Waals surface area contributed by atoms with Gasteiger partial charge in [-0.1, -0.05) is 37.5 Å². The number of hydrogen-bond donors (Lipinski definition) is 0. The van der Waals surface area contributed by atoms with E-state index in [9.17, 15) is 0 Å². The lowest BCUT2D eigenvalue weighted by Gasteiger charge is -2.37. The van der Waals surface area contributed by atoms with Crippen LogP contribution >= 0.6 is 12.0 Å². The Labute approximate surface area is 191 Å². The van der Waals surface area contributed by atoms with Gasteiger partial charge in [0.1, 0.15) is 11.9 Å². The van der Waals surface area contributed by atoms with Gasteiger partial charge in [0.2, 0.25) is 0 Å². The minimum Gasteiger partial charge on any atom is -0.495 e. The SMILES string of the molecule is COc1ccccc1N1CCN(CCC(OSC2CCCCC2)c2ccccn2)CC1. The van der Waals surface area contributed by atoms with E-state index in [0.717, 1.165) is 50.6 Å². The molecule has 1 saturated carbocycles. The lowest BCUT2D eigenvalue weighted by atomic mass is 10.0. The maximum Gasteiger partial charge on any atom is 0.142 e. The minimum atomic E-state index is 0.0559. The fourth-order valence-corrected chi connectivity index (χ4v) is 5.53. The number of pyridine rings is 1. The number of hydrogen-bond acceptors (Lipinski definition) is 6. The largest absolute Gasteiger partial charge is 0.495 e. The van der Waals surface area contributed by atoms with Gasteiger partial charge in [-0.15, -0.1) is 0 Å². The Hall–Kier alpha value is -1.76. The highest BCUT2D eigenvalue weighted by molar-refractivity contribution is 7.95. The normalized spacial score (nSPS) is 19.3. The molecule has 1 aliphatic carbocycles. The molecule has 0 bridgehead atoms. The highest BCUT2D eigenvalue weighted by atomic mass is 32.2. The number of piperazine rings is 1. The Kier molecular flexibility index (Phi) is 8.50. The number of rotatable bonds is 9. The molecule has 0 radical (unpaired) electrons. The molecule has 6 heteroatoms. The van der Waals surface area contributed by atoms with Crippen molar-refractivity contribution in [2.24, 2.45) is 0 Å². The third kappa shape index (κ3) is 6.37. The maximum absolute atomic E-state index is 6.38. The predicted octanol–water partition coefficient (Wildman–Crippen LogP) is 5.34. The van der Waals surface area contributed by atoms with Crippen LogP contribution in [-0.2, 0) is 4.18 Å². The van der Waals surface area contributed by atoms with Crippen molar-refractivity contribution in [1.82, 2.24) is 9.88 Å². The molecule has 1 saturated heterocycles. The van der Waals surface area contributed by atoms with E-state index in [1.807, 2.05) is 24.4 Å². The summed E-state index contributed by atoms with van der Waals surface area (Å²) in [6, 6.07) is 14.5. The first-order valence-electron chi connectivity index (χ1n) is 11.7. The molecule has 4 rings (SSSR count). The van der Waals surface area contributed by atoms with Crippen LogP contribution in [0.5, 0.6) is 5.75 Å². The fourth-order valence-electron chi connectivity index (χ4n) is 4.52. The predicted molar refractivity (Wildman–Crippen MR) is 129 cm³/mol. The van der Waals surface area contributed by atoms with Crippen molar-refractivity contribution in [3.05, 3.63) is 54.4 Å². The van der Waals surface area contributed by atoms with Gasteiger partial charge in [0.25, 0.3) is 0 Å². The number of benzene rings is 1. The molecule has 1 atom stereocenters. The first-order valence-corrected chi connectivity index (χ1v) is 12.5. The number of methoxy groups -OCH3 is 1. The molecule has 0 amide bonds. The van der Waals surface area contributed by atoms with Gasteiger partial charge in [-0.25, -0.2) is 0 Å². The molecule has 2 fully saturated rings. The monoisotopic (exact) mass is 441 g/mol. The average Bonchev–Trinajstić information content (AvgIpc) is 2.85. The maximum atomic E-state index is 6.38. The summed E-state index contributed by atoms with van der Waals surface area (Å²) < 4.78 is 11.9. The summed E-state index contributed by atoms with van der Waals surface area (Å²) in [5.74, 6) is 0.958. The second-order valence-electron chi connectivity index (χ2n) is 8.48. The molecule has 1 aromatic heterocycles. The van der Waals surface area contributed by atoms with E-state index < -0.39 is 0 Å². The molecule has 1 aliphatic heterocycles. The Morgan fingerprint density at radius 1 is 1.00 bits per heavy atom. The summed E-state index contributed by atoms with van der Waals surface area (Å²) in [4.78, 5) is 9.58. The smallest absolute Gasteiger partial charge is 0.142 e. The summed E-state index contributed by atoms with van der Waals surface area (Å²) in [6.45, 7) is 5.19. The molecular formula is C25H35N3O2S. The summed E-state index contributed by atoms with van der Waals surface area (Å²) in [7, 11) is 1.75. The fraction of sp³-hybridized carbons (Fsp3) is 0.560. The zero-order chi connectivity index (χ0) is 21.3. The molecule has 5 nitrogen and oxygen atoms in total. The van der Waals surface area contributed by atoms with Crippen molar-refractivity contribution in [1.29, 1.82) is 0 Å². The van der Waals surface area contributed by atoms with E-state index in [1.54, 1.807) is 19.2 Å². The van der Waals surface area contributed by atoms with Crippen molar-refractivity contribution < 1.29 is 8.92 Å². The van der Waals surface area contributed by atoms with Crippen molar-refractivity contribution in [3.63, 3.8) is 0 Å². The van der Waals surface area contributed by atoms with Crippen LogP contribution < -0.4 is 9.64 Å². The number of nitrogens with zero attached hydrogens (tertiary/aromatic N) is 3. The quantitative estimate of drug-likeness (QED) is 0.489. The number of para-hydroxylation sites is 2. The molecule has 31 heavy (non-hydrogen) atoms. The van der Waals surface area contributed by atoms with Crippen LogP contribution in [0, 0.1) is 0 Å². The van der Waals surface area contributed by atoms with E-state index in [0.29, 0.717) is 5.25 Å². The molecule has 0 N–H and O–H groups in total. The highest BCUT2D eigenvalue weighted by Gasteiger charge is 2.23. The second kappa shape index (κ2) is 11.7. The topological polar surface area (TPSA) is 37.8 Å². The van der Waals surface area contributed by atoms with Crippen LogP contribution in [0.1, 0.15) is 50.3 Å². The zero-order valence-electron chi connectivity index (χ0n) is 18.6. The Balaban J connectivity index is 1.29. The van der Waals surface area contributed by atoms with Gasteiger partial charge in [-0.3, -0.25) is 9.88 Å². The van der Waals surface area contributed by atoms with E-state index >= 15 is 0 Å². The molecular weight excluding hydrogens is 406 g/mol. The molecule has 2 aromatic rings. The minimum absolute atomic E-state index is 0.0559. The third-order valence-electron chi connectivity index (χ3n) is 6.38. The van der Waals surface area contributed by atoms with Crippen LogP contribution in [-0.4, -0.2) is 55.0 Å². The first-order chi connectivity index (χ1) is 15.3. The van der Waals surface area contributed by atoms with Gasteiger partial charge in [0, 0.05) is 44.2 Å². The molecule has 1 aromatic carbocycles. The number of ether oxygens (including phenoxy) is 1. The van der Waals surface area contributed by atoms with E-state index in [2.05, 4.69) is 39.0 Å². The van der Waals surface area contributed by atoms with Gasteiger partial charge in [-0.2, -0.15) is 0 Å². The standard InChI is InChI=1S/C25H35N3O2S/c1-29-25-13-6-5-12-23(25)28-19-17-27(18-20-28)16-14-24(22-11-7-8-15-26-22)30-31-21-9-3-2-4-10-21/h5-8,11-13,15,21,24H,2-4,9-10,14,16-20H2,1H3. The molecule has 1 unspecified atom stereocenters. The lowest BCUT2D eigenvalue weighted by molar-refractivity contribution is 0.177. The Morgan fingerprint density at radius 2 is 1.77 bits per heavy atom. The van der Waals surface area contributed by atoms with Gasteiger partial charge in [-0.05, 0) is 55.6 Å². The summed E-state index contributed by atoms with van der Waals surface area (Å²) in [6.07, 6.45) is 9.53. The van der Waals surface area contributed by atoms with Gasteiger partial charge < -0.3 is 13.8 Å². The number of anilines is 1. The van der Waals surface area contributed by atoms with Gasteiger partial charge in [0.15, 0.2) is 0 Å². The van der Waals surface area contributed by atoms with Crippen LogP contribution in [0.3, 0.4) is 0 Å². The summed E-state index contributed by atoms with van der Waals surface area (Å²) in [5.41, 5.74) is 2.25. The molecule has 0 spiro atoms. The van der Waals surface area contributed by atoms with Crippen molar-refractivity contribution >= 4 is 17.7 Å². The second-order valence-corrected chi connectivity index (χ2v) is 9.54. The first kappa shape index (κ1) is 22.4. The molecule has 2 aliphatic rings. The average molecular weight is 442 g/mol.